The summed E-state index contributed by atoms with van der Waals surface area (Å²) in [7, 11) is -7.43. The van der Waals surface area contributed by atoms with Crippen molar-refractivity contribution >= 4 is 43.0 Å². The lowest BCUT2D eigenvalue weighted by molar-refractivity contribution is 0.370. The third kappa shape index (κ3) is 4.96. The summed E-state index contributed by atoms with van der Waals surface area (Å²) in [4.78, 5) is 0.0879. The van der Waals surface area contributed by atoms with Crippen molar-refractivity contribution in [2.45, 2.75) is 31.2 Å². The third-order valence-electron chi connectivity index (χ3n) is 5.63. The molecule has 1 aliphatic rings. The number of rotatable bonds is 7. The van der Waals surface area contributed by atoms with Crippen LogP contribution < -0.4 is 4.72 Å². The lowest BCUT2D eigenvalue weighted by atomic mass is 9.96. The first-order chi connectivity index (χ1) is 16.1. The van der Waals surface area contributed by atoms with Gasteiger partial charge < -0.3 is 0 Å². The summed E-state index contributed by atoms with van der Waals surface area (Å²) in [6.07, 6.45) is 0.335. The maximum atomic E-state index is 13.6. The summed E-state index contributed by atoms with van der Waals surface area (Å²) < 4.78 is 54.9. The molecule has 1 atom stereocenters. The second-order valence-electron chi connectivity index (χ2n) is 7.94. The highest BCUT2D eigenvalue weighted by Crippen LogP contribution is 2.38. The molecule has 0 aliphatic carbocycles. The van der Waals surface area contributed by atoms with Crippen LogP contribution in [-0.2, 0) is 20.0 Å². The predicted octanol–water partition coefficient (Wildman–Crippen LogP) is 4.95. The average molecular weight is 518 g/mol. The van der Waals surface area contributed by atoms with Crippen LogP contribution in [0.1, 0.15) is 36.1 Å². The van der Waals surface area contributed by atoms with Crippen LogP contribution in [0.4, 0.5) is 5.69 Å². The molecule has 3 aromatic carbocycles. The topological polar surface area (TPSA) is 95.9 Å². The van der Waals surface area contributed by atoms with E-state index in [4.69, 9.17) is 11.6 Å². The molecule has 4 rings (SSSR count). The lowest BCUT2D eigenvalue weighted by Crippen LogP contribution is -2.27. The molecule has 178 valence electrons. The van der Waals surface area contributed by atoms with Crippen LogP contribution in [0.5, 0.6) is 0 Å². The molecule has 7 nitrogen and oxygen atoms in total. The van der Waals surface area contributed by atoms with Gasteiger partial charge in [-0.2, -0.15) is 17.9 Å². The van der Waals surface area contributed by atoms with E-state index in [2.05, 4.69) is 9.82 Å². The Balaban J connectivity index is 1.78. The standard InChI is InChI=1S/C24H24ClN3O4S2/c1-3-33(29,30)27-20-9-6-8-18(15-20)23-16-24(22-10-5-4-7-17(22)2)28(26-23)34(31,32)21-13-11-19(25)12-14-21/h4-15,24,27H,3,16H2,1-2H3/t24-/m0/s1. The van der Waals surface area contributed by atoms with Gasteiger partial charge in [-0.25, -0.2) is 8.42 Å². The first kappa shape index (κ1) is 24.3. The minimum Gasteiger partial charge on any atom is -0.284 e. The van der Waals surface area contributed by atoms with E-state index >= 15 is 0 Å². The number of hydrogen-bond acceptors (Lipinski definition) is 5. The Morgan fingerprint density at radius 3 is 2.38 bits per heavy atom. The number of nitrogens with zero attached hydrogens (tertiary/aromatic N) is 2. The fourth-order valence-electron chi connectivity index (χ4n) is 3.81. The van der Waals surface area contributed by atoms with Gasteiger partial charge in [0.15, 0.2) is 0 Å². The van der Waals surface area contributed by atoms with Crippen molar-refractivity contribution in [1.82, 2.24) is 4.41 Å². The average Bonchev–Trinajstić information content (AvgIpc) is 3.26. The minimum atomic E-state index is -3.98. The normalized spacial score (nSPS) is 16.4. The molecule has 0 spiro atoms. The molecule has 0 aromatic heterocycles. The molecular formula is C24H24ClN3O4S2. The lowest BCUT2D eigenvalue weighted by Gasteiger charge is -2.24. The fourth-order valence-corrected chi connectivity index (χ4v) is 5.99. The van der Waals surface area contributed by atoms with Crippen LogP contribution in [0.15, 0.2) is 82.8 Å². The summed E-state index contributed by atoms with van der Waals surface area (Å²) in [5.41, 5.74) is 3.38. The highest BCUT2D eigenvalue weighted by Gasteiger charge is 2.38. The molecule has 1 aliphatic heterocycles. The number of sulfonamides is 2. The van der Waals surface area contributed by atoms with Gasteiger partial charge in [0.2, 0.25) is 10.0 Å². The van der Waals surface area contributed by atoms with E-state index in [0.29, 0.717) is 28.4 Å². The van der Waals surface area contributed by atoms with Crippen molar-refractivity contribution in [2.75, 3.05) is 10.5 Å². The van der Waals surface area contributed by atoms with Crippen LogP contribution in [0.3, 0.4) is 0 Å². The largest absolute Gasteiger partial charge is 0.284 e. The van der Waals surface area contributed by atoms with Crippen molar-refractivity contribution in [3.05, 3.63) is 94.5 Å². The van der Waals surface area contributed by atoms with Crippen LogP contribution >= 0.6 is 11.6 Å². The Kier molecular flexibility index (Phi) is 6.71. The Hall–Kier alpha value is -2.88. The molecule has 1 heterocycles. The minimum absolute atomic E-state index is 0.0549. The SMILES string of the molecule is CCS(=O)(=O)Nc1cccc(C2=NN(S(=O)(=O)c3ccc(Cl)cc3)[C@H](c3ccccc3C)C2)c1. The maximum absolute atomic E-state index is 13.6. The number of aryl methyl sites for hydroxylation is 1. The summed E-state index contributed by atoms with van der Waals surface area (Å²) in [6, 6.07) is 19.8. The summed E-state index contributed by atoms with van der Waals surface area (Å²) >= 11 is 5.96. The van der Waals surface area contributed by atoms with Gasteiger partial charge in [-0.1, -0.05) is 48.0 Å². The highest BCUT2D eigenvalue weighted by atomic mass is 35.5. The monoisotopic (exact) mass is 517 g/mol. The Bertz CT molecular complexity index is 1450. The van der Waals surface area contributed by atoms with Gasteiger partial charge in [0.1, 0.15) is 0 Å². The molecule has 10 heteroatoms. The zero-order valence-corrected chi connectivity index (χ0v) is 21.0. The van der Waals surface area contributed by atoms with E-state index in [1.165, 1.54) is 24.3 Å². The second-order valence-corrected chi connectivity index (χ2v) is 12.2. The van der Waals surface area contributed by atoms with Crippen LogP contribution in [0, 0.1) is 6.92 Å². The van der Waals surface area contributed by atoms with Gasteiger partial charge in [-0.15, -0.1) is 0 Å². The maximum Gasteiger partial charge on any atom is 0.279 e. The summed E-state index contributed by atoms with van der Waals surface area (Å²) in [6.45, 7) is 3.49. The number of anilines is 1. The summed E-state index contributed by atoms with van der Waals surface area (Å²) in [5, 5.41) is 4.97. The van der Waals surface area contributed by atoms with Crippen LogP contribution in [0.2, 0.25) is 5.02 Å². The first-order valence-electron chi connectivity index (χ1n) is 10.6. The number of benzene rings is 3. The molecule has 3 aromatic rings. The number of halogens is 1. The van der Waals surface area contributed by atoms with E-state index in [0.717, 1.165) is 15.5 Å². The second kappa shape index (κ2) is 9.40. The van der Waals surface area contributed by atoms with Gasteiger partial charge in [-0.05, 0) is 66.9 Å². The molecule has 0 saturated carbocycles. The number of hydrazone groups is 1. The molecule has 0 bridgehead atoms. The molecular weight excluding hydrogens is 494 g/mol. The van der Waals surface area contributed by atoms with Gasteiger partial charge in [-0.3, -0.25) is 4.72 Å². The van der Waals surface area contributed by atoms with Crippen molar-refractivity contribution in [3.63, 3.8) is 0 Å². The summed E-state index contributed by atoms with van der Waals surface area (Å²) in [5.74, 6) is -0.0549. The molecule has 1 N–H and O–H groups in total. The fraction of sp³-hybridized carbons (Fsp3) is 0.208. The van der Waals surface area contributed by atoms with E-state index in [1.807, 2.05) is 31.2 Å². The smallest absolute Gasteiger partial charge is 0.279 e. The van der Waals surface area contributed by atoms with E-state index < -0.39 is 26.1 Å². The Labute approximate surface area is 205 Å². The molecule has 0 fully saturated rings. The van der Waals surface area contributed by atoms with Gasteiger partial charge in [0.05, 0.1) is 22.4 Å². The number of hydrogen-bond donors (Lipinski definition) is 1. The number of nitrogens with one attached hydrogen (secondary N) is 1. The first-order valence-corrected chi connectivity index (χ1v) is 14.1. The van der Waals surface area contributed by atoms with Crippen LogP contribution in [0.25, 0.3) is 0 Å². The highest BCUT2D eigenvalue weighted by molar-refractivity contribution is 7.92. The molecule has 34 heavy (non-hydrogen) atoms. The van der Waals surface area contributed by atoms with Gasteiger partial charge in [0.25, 0.3) is 10.0 Å². The zero-order valence-electron chi connectivity index (χ0n) is 18.6. The molecule has 0 radical (unpaired) electrons. The zero-order chi connectivity index (χ0) is 24.5. The third-order valence-corrected chi connectivity index (χ3v) is 8.88. The van der Waals surface area contributed by atoms with E-state index in [9.17, 15) is 16.8 Å². The van der Waals surface area contributed by atoms with Crippen molar-refractivity contribution in [1.29, 1.82) is 0 Å². The van der Waals surface area contributed by atoms with Crippen molar-refractivity contribution in [3.8, 4) is 0 Å². The predicted molar refractivity (Wildman–Crippen MR) is 135 cm³/mol. The Morgan fingerprint density at radius 2 is 1.71 bits per heavy atom. The molecule has 0 amide bonds. The Morgan fingerprint density at radius 1 is 1.00 bits per heavy atom. The van der Waals surface area contributed by atoms with E-state index in [1.54, 1.807) is 31.2 Å². The van der Waals surface area contributed by atoms with Gasteiger partial charge in [0, 0.05) is 17.1 Å². The quantitative estimate of drug-likeness (QED) is 0.479. The van der Waals surface area contributed by atoms with E-state index in [-0.39, 0.29) is 10.6 Å². The van der Waals surface area contributed by atoms with Gasteiger partial charge >= 0.3 is 0 Å². The van der Waals surface area contributed by atoms with Crippen molar-refractivity contribution in [2.24, 2.45) is 5.10 Å². The molecule has 0 saturated heterocycles. The van der Waals surface area contributed by atoms with Crippen LogP contribution in [-0.4, -0.2) is 32.7 Å². The van der Waals surface area contributed by atoms with Crippen molar-refractivity contribution < 1.29 is 16.8 Å². The molecule has 0 unspecified atom stereocenters.